The van der Waals surface area contributed by atoms with E-state index in [-0.39, 0.29) is 21.8 Å². The summed E-state index contributed by atoms with van der Waals surface area (Å²) >= 11 is 3.51. The zero-order valence-electron chi connectivity index (χ0n) is 59.2. The topological polar surface area (TPSA) is 101 Å². The molecule has 0 atom stereocenters. The Bertz CT molecular complexity index is 3640. The zero-order valence-corrected chi connectivity index (χ0v) is 60.9. The van der Waals surface area contributed by atoms with E-state index in [2.05, 4.69) is 171 Å². The number of carboxylic acid groups (broad SMARTS) is 1. The van der Waals surface area contributed by atoms with Gasteiger partial charge in [-0.3, -0.25) is 0 Å². The lowest BCUT2D eigenvalue weighted by atomic mass is 9.71. The third-order valence-corrected chi connectivity index (χ3v) is 23.1. The maximum absolute atomic E-state index is 12.2. The van der Waals surface area contributed by atoms with E-state index >= 15 is 0 Å². The number of nitriles is 1. The van der Waals surface area contributed by atoms with Crippen molar-refractivity contribution in [1.82, 2.24) is 0 Å². The molecule has 5 aromatic carbocycles. The number of thiophene rings is 2. The second kappa shape index (κ2) is 33.0. The molecule has 2 heterocycles. The van der Waals surface area contributed by atoms with E-state index in [0.29, 0.717) is 26.4 Å². The lowest BCUT2D eigenvalue weighted by Gasteiger charge is -2.31. The maximum atomic E-state index is 12.2. The molecular weight excluding hydrogens is 1210 g/mol. The zero-order chi connectivity index (χ0) is 67.1. The van der Waals surface area contributed by atoms with Crippen molar-refractivity contribution in [2.75, 3.05) is 31.3 Å². The van der Waals surface area contributed by atoms with Crippen LogP contribution in [0.1, 0.15) is 274 Å². The summed E-state index contributed by atoms with van der Waals surface area (Å²) in [4.78, 5) is 19.3. The van der Waals surface area contributed by atoms with Gasteiger partial charge >= 0.3 is 5.97 Å². The monoisotopic (exact) mass is 1320 g/mol. The molecule has 1 N–H and O–H groups in total. The van der Waals surface area contributed by atoms with Crippen LogP contribution in [0.5, 0.6) is 23.0 Å². The lowest BCUT2D eigenvalue weighted by Crippen LogP contribution is -2.25. The highest BCUT2D eigenvalue weighted by Crippen LogP contribution is 2.62. The highest BCUT2D eigenvalue weighted by atomic mass is 32.1. The molecule has 10 heteroatoms. The number of ether oxygens (including phenoxy) is 4. The summed E-state index contributed by atoms with van der Waals surface area (Å²) in [6, 6.07) is 39.1. The average molecular weight is 1320 g/mol. The first kappa shape index (κ1) is 71.0. The minimum absolute atomic E-state index is 0.188. The van der Waals surface area contributed by atoms with Gasteiger partial charge in [-0.05, 0) is 155 Å². The fourth-order valence-electron chi connectivity index (χ4n) is 15.2. The molecule has 0 aliphatic heterocycles. The molecule has 0 saturated carbocycles. The number of nitrogens with zero attached hydrogens (tertiary/aromatic N) is 2. The van der Waals surface area contributed by atoms with Gasteiger partial charge in [0.05, 0.1) is 26.4 Å². The largest absolute Gasteiger partial charge is 0.493 e. The molecule has 3 aliphatic rings. The lowest BCUT2D eigenvalue weighted by molar-refractivity contribution is -0.132. The van der Waals surface area contributed by atoms with E-state index in [1.165, 1.54) is 166 Å². The number of anilines is 3. The van der Waals surface area contributed by atoms with Crippen molar-refractivity contribution in [3.63, 3.8) is 0 Å². The van der Waals surface area contributed by atoms with Gasteiger partial charge in [0, 0.05) is 76.1 Å². The number of carbonyl (C=O) groups is 1. The first-order chi connectivity index (χ1) is 46.2. The summed E-state index contributed by atoms with van der Waals surface area (Å²) in [5.41, 5.74) is 15.8. The van der Waals surface area contributed by atoms with Gasteiger partial charge < -0.3 is 29.0 Å². The van der Waals surface area contributed by atoms with Crippen molar-refractivity contribution in [3.8, 4) is 71.5 Å². The summed E-state index contributed by atoms with van der Waals surface area (Å²) < 4.78 is 26.9. The van der Waals surface area contributed by atoms with Crippen LogP contribution >= 0.6 is 22.7 Å². The molecular formula is C85H108N2O6S2. The molecule has 2 aromatic heterocycles. The van der Waals surface area contributed by atoms with Crippen LogP contribution in [0.2, 0.25) is 0 Å². The SMILES string of the molecule is CCCCCCOc1cc(OCCCCCC)c2c(c1)C(C)(C)c1cc(N(c3ccc(-c4cc5c(s4)-c4sc(/C=C(/C#N)C(=O)O)cc4C5(CCCCCC)CCCCCC)cc3)c3ccc4c(c3)C(C)(C)c3cc(OCCCCCC)cc(OCCCCCC)c3-4)ccc1-2. The highest BCUT2D eigenvalue weighted by molar-refractivity contribution is 7.24. The number of hydrogen-bond donors (Lipinski definition) is 1. The first-order valence-electron chi connectivity index (χ1n) is 36.9. The Hall–Kier alpha value is -6.80. The Kier molecular flexibility index (Phi) is 24.6. The minimum Gasteiger partial charge on any atom is -0.493 e. The predicted molar refractivity (Wildman–Crippen MR) is 401 cm³/mol. The van der Waals surface area contributed by atoms with E-state index in [4.69, 9.17) is 18.9 Å². The van der Waals surface area contributed by atoms with Gasteiger partial charge in [0.15, 0.2) is 0 Å². The van der Waals surface area contributed by atoms with E-state index < -0.39 is 5.97 Å². The number of carboxylic acids is 1. The predicted octanol–water partition coefficient (Wildman–Crippen LogP) is 25.6. The van der Waals surface area contributed by atoms with Crippen LogP contribution in [0.3, 0.4) is 0 Å². The quantitative estimate of drug-likeness (QED) is 0.0230. The molecule has 0 amide bonds. The number of hydrogen-bond acceptors (Lipinski definition) is 9. The fraction of sp³-hybridized carbons (Fsp3) is 0.506. The van der Waals surface area contributed by atoms with Crippen LogP contribution in [0.4, 0.5) is 17.1 Å². The molecule has 0 fully saturated rings. The fourth-order valence-corrected chi connectivity index (χ4v) is 17.8. The minimum atomic E-state index is -1.19. The Morgan fingerprint density at radius 3 is 1.31 bits per heavy atom. The summed E-state index contributed by atoms with van der Waals surface area (Å²) in [5, 5.41) is 19.8. The summed E-state index contributed by atoms with van der Waals surface area (Å²) in [6.45, 7) is 25.8. The van der Waals surface area contributed by atoms with Crippen molar-refractivity contribution < 1.29 is 28.8 Å². The standard InChI is InChI=1S/C85H108N2O6S2/c1-11-17-23-29-43-85(44-30-24-18-12-2)73-56-66(49-60(58-86)82(88)89)94-80(73)81-74(85)57-77(95-81)59-35-37-61(38-36-59)87(62-39-41-67-69(50-62)83(7,8)71-52-64(90-45-31-25-19-13-3)54-75(78(67)71)92-47-33-27-21-15-5)63-40-42-68-70(51-63)84(9,10)72-53-65(91-46-32-26-20-14-4)55-76(79(68)72)93-48-34-28-22-16-6/h35-42,49-57H,11-34,43-48H2,1-10H3,(H,88,89)/b60-49-. The normalized spacial score (nSPS) is 14.2. The van der Waals surface area contributed by atoms with Gasteiger partial charge in [-0.2, -0.15) is 5.26 Å². The average Bonchev–Trinajstić information content (AvgIpc) is 1.58. The molecule has 7 aromatic rings. The Morgan fingerprint density at radius 2 is 0.874 bits per heavy atom. The molecule has 506 valence electrons. The molecule has 0 unspecified atom stereocenters. The van der Waals surface area contributed by atoms with Crippen molar-refractivity contribution in [3.05, 3.63) is 141 Å². The molecule has 0 saturated heterocycles. The van der Waals surface area contributed by atoms with E-state index in [9.17, 15) is 15.2 Å². The van der Waals surface area contributed by atoms with Crippen LogP contribution in [0.25, 0.3) is 48.5 Å². The molecule has 0 radical (unpaired) electrons. The van der Waals surface area contributed by atoms with E-state index in [1.54, 1.807) is 17.4 Å². The molecule has 0 spiro atoms. The maximum Gasteiger partial charge on any atom is 0.346 e. The van der Waals surface area contributed by atoms with Gasteiger partial charge in [0.2, 0.25) is 0 Å². The van der Waals surface area contributed by atoms with Crippen molar-refractivity contribution >= 4 is 51.8 Å². The van der Waals surface area contributed by atoms with Crippen LogP contribution in [-0.4, -0.2) is 37.5 Å². The third-order valence-electron chi connectivity index (χ3n) is 20.6. The van der Waals surface area contributed by atoms with Crippen LogP contribution in [0.15, 0.2) is 103 Å². The number of benzene rings is 5. The van der Waals surface area contributed by atoms with E-state index in [0.717, 1.165) is 122 Å². The molecule has 3 aliphatic carbocycles. The molecule has 95 heavy (non-hydrogen) atoms. The number of fused-ring (bicyclic) bond motifs is 9. The van der Waals surface area contributed by atoms with Crippen LogP contribution < -0.4 is 23.8 Å². The van der Waals surface area contributed by atoms with E-state index in [1.807, 2.05) is 17.4 Å². The summed E-state index contributed by atoms with van der Waals surface area (Å²) in [7, 11) is 0. The van der Waals surface area contributed by atoms with Gasteiger partial charge in [-0.1, -0.05) is 222 Å². The number of unbranched alkanes of at least 4 members (excludes halogenated alkanes) is 18. The second-order valence-corrected chi connectivity index (χ2v) is 30.5. The van der Waals surface area contributed by atoms with Crippen LogP contribution in [0, 0.1) is 11.3 Å². The second-order valence-electron chi connectivity index (χ2n) is 28.3. The Morgan fingerprint density at radius 1 is 0.463 bits per heavy atom. The van der Waals surface area contributed by atoms with Gasteiger partial charge in [0.25, 0.3) is 0 Å². The Balaban J connectivity index is 1.09. The summed E-state index contributed by atoms with van der Waals surface area (Å²) in [5.74, 6) is 2.39. The molecule has 0 bridgehead atoms. The van der Waals surface area contributed by atoms with Gasteiger partial charge in [-0.15, -0.1) is 22.7 Å². The third kappa shape index (κ3) is 15.6. The van der Waals surface area contributed by atoms with Crippen molar-refractivity contribution in [2.24, 2.45) is 0 Å². The first-order valence-corrected chi connectivity index (χ1v) is 38.5. The smallest absolute Gasteiger partial charge is 0.346 e. The highest BCUT2D eigenvalue weighted by Gasteiger charge is 2.46. The number of rotatable bonds is 40. The van der Waals surface area contributed by atoms with Gasteiger partial charge in [0.1, 0.15) is 34.6 Å². The van der Waals surface area contributed by atoms with Crippen molar-refractivity contribution in [2.45, 2.75) is 252 Å². The Labute approximate surface area is 578 Å². The summed E-state index contributed by atoms with van der Waals surface area (Å²) in [6.07, 6.45) is 31.3. The molecule has 8 nitrogen and oxygen atoms in total. The molecule has 10 rings (SSSR count). The van der Waals surface area contributed by atoms with Crippen molar-refractivity contribution in [1.29, 1.82) is 5.26 Å². The van der Waals surface area contributed by atoms with Gasteiger partial charge in [-0.25, -0.2) is 4.79 Å². The number of aliphatic carboxylic acids is 1. The van der Waals surface area contributed by atoms with Crippen LogP contribution in [-0.2, 0) is 21.0 Å².